The number of benzene rings is 4. The number of rotatable bonds is 8. The molecule has 0 aliphatic rings. The Kier molecular flexibility index (Phi) is 18.0. The van der Waals surface area contributed by atoms with Gasteiger partial charge in [0.1, 0.15) is 0 Å². The minimum absolute atomic E-state index is 0.818. The van der Waals surface area contributed by atoms with E-state index in [2.05, 4.69) is 142 Å². The quantitative estimate of drug-likeness (QED) is 0.0621. The van der Waals surface area contributed by atoms with E-state index in [9.17, 15) is 0 Å². The van der Waals surface area contributed by atoms with Gasteiger partial charge in [0.15, 0.2) is 0 Å². The van der Waals surface area contributed by atoms with E-state index in [-0.39, 0.29) is 0 Å². The van der Waals surface area contributed by atoms with E-state index in [1.807, 2.05) is 0 Å². The van der Waals surface area contributed by atoms with E-state index < -0.39 is 26.9 Å². The fraction of sp³-hybridized carbons (Fsp3) is 0.211. The van der Waals surface area contributed by atoms with Crippen LogP contribution in [0.2, 0.25) is 18.6 Å². The molecule has 0 nitrogen and oxygen atoms in total. The van der Waals surface area contributed by atoms with Crippen molar-refractivity contribution in [2.75, 3.05) is 0 Å². The van der Waals surface area contributed by atoms with Gasteiger partial charge in [-0.1, -0.05) is 117 Å². The molecular formula is C38H39Cl5Si2Zr. The van der Waals surface area contributed by atoms with Crippen molar-refractivity contribution < 1.29 is 20.8 Å². The van der Waals surface area contributed by atoms with E-state index >= 15 is 0 Å². The molecule has 6 aromatic rings. The van der Waals surface area contributed by atoms with Gasteiger partial charge in [-0.2, -0.15) is 12.1 Å². The van der Waals surface area contributed by atoms with E-state index in [1.165, 1.54) is 61.0 Å². The van der Waals surface area contributed by atoms with Crippen LogP contribution in [0.1, 0.15) is 31.4 Å². The average molecular weight is 820 g/mol. The first kappa shape index (κ1) is 39.3. The van der Waals surface area contributed by atoms with E-state index in [0.717, 1.165) is 34.8 Å². The summed E-state index contributed by atoms with van der Waals surface area (Å²) >= 11 is 16.1. The van der Waals surface area contributed by atoms with Gasteiger partial charge >= 0.3 is 43.9 Å². The van der Waals surface area contributed by atoms with Crippen LogP contribution in [0.4, 0.5) is 0 Å². The Morgan fingerprint density at radius 1 is 0.630 bits per heavy atom. The van der Waals surface area contributed by atoms with Crippen LogP contribution in [0.25, 0.3) is 43.8 Å². The van der Waals surface area contributed by atoms with Gasteiger partial charge in [0.2, 0.25) is 0 Å². The zero-order valence-corrected chi connectivity index (χ0v) is 34.7. The molecule has 0 fully saturated rings. The predicted molar refractivity (Wildman–Crippen MR) is 210 cm³/mol. The van der Waals surface area contributed by atoms with Crippen LogP contribution < -0.4 is 0 Å². The van der Waals surface area contributed by atoms with Gasteiger partial charge in [0.25, 0.3) is 0 Å². The van der Waals surface area contributed by atoms with Crippen LogP contribution in [0.15, 0.2) is 121 Å². The third kappa shape index (κ3) is 12.7. The molecule has 6 aromatic carbocycles. The Labute approximate surface area is 311 Å². The van der Waals surface area contributed by atoms with Crippen molar-refractivity contribution in [2.45, 2.75) is 51.7 Å². The first-order valence-corrected chi connectivity index (χ1v) is 28.7. The molecule has 0 N–H and O–H groups in total. The molecule has 0 saturated heterocycles. The fourth-order valence-corrected chi connectivity index (χ4v) is 7.87. The maximum absolute atomic E-state index is 5.64. The summed E-state index contributed by atoms with van der Waals surface area (Å²) < 4.78 is 0. The van der Waals surface area contributed by atoms with Crippen LogP contribution in [0.5, 0.6) is 0 Å². The van der Waals surface area contributed by atoms with Gasteiger partial charge in [-0.05, 0) is 30.0 Å². The molecule has 0 atom stereocenters. The summed E-state index contributed by atoms with van der Waals surface area (Å²) in [5.74, 6) is 0. The monoisotopic (exact) mass is 816 g/mol. The van der Waals surface area contributed by atoms with Crippen molar-refractivity contribution in [3.05, 3.63) is 132 Å². The first-order valence-electron chi connectivity index (χ1n) is 15.4. The Hall–Kier alpha value is -1.13. The van der Waals surface area contributed by atoms with Crippen molar-refractivity contribution in [1.29, 1.82) is 0 Å². The fourth-order valence-electron chi connectivity index (χ4n) is 5.21. The molecule has 0 aliphatic heterocycles. The third-order valence-corrected chi connectivity index (χ3v) is 11.0. The van der Waals surface area contributed by atoms with Crippen molar-refractivity contribution >= 4 is 87.3 Å². The predicted octanol–water partition coefficient (Wildman–Crippen LogP) is 14.2. The second kappa shape index (κ2) is 21.1. The molecule has 2 radical (unpaired) electrons. The van der Waals surface area contributed by atoms with Gasteiger partial charge in [-0.25, -0.2) is 0 Å². The zero-order valence-electron chi connectivity index (χ0n) is 26.5. The van der Waals surface area contributed by atoms with E-state index in [4.69, 9.17) is 50.3 Å². The molecule has 0 heterocycles. The molecule has 0 unspecified atom stereocenters. The molecule has 0 spiro atoms. The van der Waals surface area contributed by atoms with Gasteiger partial charge < -0.3 is 0 Å². The van der Waals surface area contributed by atoms with Gasteiger partial charge in [-0.3, -0.25) is 0 Å². The summed E-state index contributed by atoms with van der Waals surface area (Å²) in [5.41, 5.74) is 8.11. The number of halogens is 5. The summed E-state index contributed by atoms with van der Waals surface area (Å²) in [4.78, 5) is 0. The van der Waals surface area contributed by atoms with Gasteiger partial charge in [0.05, 0.1) is 0 Å². The third-order valence-electron chi connectivity index (χ3n) is 7.49. The van der Waals surface area contributed by atoms with Crippen LogP contribution >= 0.6 is 50.3 Å². The van der Waals surface area contributed by atoms with Crippen molar-refractivity contribution in [3.8, 4) is 22.3 Å². The standard InChI is InChI=1S/2C17H15.C4H9Cl3Si2.2ClH.Zr/c2*1-2-13-11-15-9-6-10-16(17(15)12-13)14-7-4-3-5-8-14;1-8-3-2-4-9(5,6)7;;;/h2*3-12H,2H2,1H3;2-4H2,1H3;2*1H;/q2*-1;;;;+4/p-2. The molecule has 0 bridgehead atoms. The first-order chi connectivity index (χ1) is 22.2. The second-order valence-corrected chi connectivity index (χ2v) is 24.9. The molecule has 8 heteroatoms. The number of aryl methyl sites for hydroxylation is 2. The normalized spacial score (nSPS) is 10.6. The van der Waals surface area contributed by atoms with Crippen LogP contribution in [-0.4, -0.2) is 15.5 Å². The van der Waals surface area contributed by atoms with E-state index in [0.29, 0.717) is 0 Å². The Balaban J connectivity index is 0.000000189. The van der Waals surface area contributed by atoms with Gasteiger partial charge in [0, 0.05) is 9.52 Å². The number of hydrogen-bond donors (Lipinski definition) is 0. The molecule has 46 heavy (non-hydrogen) atoms. The second-order valence-electron chi connectivity index (χ2n) is 10.7. The SMILES string of the molecule is CCc1cc2c(-c3ccccc3)cccc2[cH-]1.CCc1cc2c(-c3ccccc3)cccc2[cH-]1.C[Si]CCC[Si](Cl)(Cl)Cl.[Cl][Zr+2][Cl]. The zero-order chi connectivity index (χ0) is 33.4. The van der Waals surface area contributed by atoms with E-state index in [1.54, 1.807) is 0 Å². The number of fused-ring (bicyclic) bond motifs is 2. The number of hydrogen-bond acceptors (Lipinski definition) is 0. The Morgan fingerprint density at radius 3 is 1.39 bits per heavy atom. The van der Waals surface area contributed by atoms with Crippen LogP contribution in [0.3, 0.4) is 0 Å². The van der Waals surface area contributed by atoms with Crippen LogP contribution in [0, 0.1) is 0 Å². The Bertz CT molecular complexity index is 1590. The molecule has 0 aliphatic carbocycles. The summed E-state index contributed by atoms with van der Waals surface area (Å²) in [6.07, 6.45) is 3.28. The summed E-state index contributed by atoms with van der Waals surface area (Å²) in [5, 5.41) is 5.44. The van der Waals surface area contributed by atoms with Crippen LogP contribution in [-0.2, 0) is 33.7 Å². The molecule has 0 saturated carbocycles. The van der Waals surface area contributed by atoms with Crippen molar-refractivity contribution in [1.82, 2.24) is 0 Å². The molecule has 0 aromatic heterocycles. The molecular weight excluding hydrogens is 781 g/mol. The summed E-state index contributed by atoms with van der Waals surface area (Å²) in [6, 6.07) is 43.3. The van der Waals surface area contributed by atoms with Crippen molar-refractivity contribution in [3.63, 3.8) is 0 Å². The van der Waals surface area contributed by atoms with Gasteiger partial charge in [-0.15, -0.1) is 102 Å². The molecule has 238 valence electrons. The van der Waals surface area contributed by atoms with Crippen molar-refractivity contribution in [2.24, 2.45) is 0 Å². The summed E-state index contributed by atoms with van der Waals surface area (Å²) in [7, 11) is 10.9. The average Bonchev–Trinajstić information content (AvgIpc) is 3.70. The molecule has 6 rings (SSSR count). The minimum atomic E-state index is -2.27. The maximum atomic E-state index is 5.64. The Morgan fingerprint density at radius 2 is 1.04 bits per heavy atom. The molecule has 0 amide bonds. The summed E-state index contributed by atoms with van der Waals surface area (Å²) in [6.45, 7) is 6.58. The topological polar surface area (TPSA) is 0 Å².